The van der Waals surface area contributed by atoms with Gasteiger partial charge in [0.25, 0.3) is 0 Å². The third-order valence-electron chi connectivity index (χ3n) is 3.93. The third kappa shape index (κ3) is 6.85. The van der Waals surface area contributed by atoms with Gasteiger partial charge in [0.1, 0.15) is 0 Å². The van der Waals surface area contributed by atoms with Crippen molar-refractivity contribution < 1.29 is 8.42 Å². The number of sulfonamides is 1. The van der Waals surface area contributed by atoms with E-state index in [2.05, 4.69) is 22.2 Å². The predicted molar refractivity (Wildman–Crippen MR) is 95.5 cm³/mol. The van der Waals surface area contributed by atoms with Crippen LogP contribution in [0, 0.1) is 5.92 Å². The van der Waals surface area contributed by atoms with Gasteiger partial charge in [-0.25, -0.2) is 13.1 Å². The zero-order chi connectivity index (χ0) is 16.7. The van der Waals surface area contributed by atoms with E-state index in [1.165, 1.54) is 24.8 Å². The molecule has 1 unspecified atom stereocenters. The minimum atomic E-state index is -3.25. The molecule has 23 heavy (non-hydrogen) atoms. The van der Waals surface area contributed by atoms with Crippen LogP contribution in [-0.2, 0) is 22.3 Å². The van der Waals surface area contributed by atoms with Crippen LogP contribution >= 0.6 is 0 Å². The van der Waals surface area contributed by atoms with Crippen molar-refractivity contribution in [1.82, 2.24) is 10.0 Å². The van der Waals surface area contributed by atoms with Gasteiger partial charge in [0, 0.05) is 12.6 Å². The molecule has 1 aromatic rings. The molecule has 1 aliphatic carbocycles. The molecule has 0 aliphatic heterocycles. The fourth-order valence-electron chi connectivity index (χ4n) is 2.84. The highest BCUT2D eigenvalue weighted by atomic mass is 32.2. The first-order valence-electron chi connectivity index (χ1n) is 8.38. The fourth-order valence-corrected chi connectivity index (χ4v) is 4.27. The smallest absolute Gasteiger partial charge is 0.216 e. The average Bonchev–Trinajstić information content (AvgIpc) is 2.48. The van der Waals surface area contributed by atoms with E-state index in [1.54, 1.807) is 0 Å². The number of hydrogen-bond donors (Lipinski definition) is 2. The lowest BCUT2D eigenvalue weighted by Crippen LogP contribution is -2.31. The SMILES string of the molecule is CC(C)NS(=O)(=O)Cc1ccc(CNCC2CC=CCC2)cc1. The first-order chi connectivity index (χ1) is 10.9. The van der Waals surface area contributed by atoms with Crippen LogP contribution in [0.2, 0.25) is 0 Å². The fraction of sp³-hybridized carbons (Fsp3) is 0.556. The summed E-state index contributed by atoms with van der Waals surface area (Å²) in [4.78, 5) is 0. The Kier molecular flexibility index (Phi) is 6.81. The van der Waals surface area contributed by atoms with Gasteiger partial charge < -0.3 is 5.32 Å². The Balaban J connectivity index is 1.79. The largest absolute Gasteiger partial charge is 0.312 e. The van der Waals surface area contributed by atoms with Crippen molar-refractivity contribution in [2.24, 2.45) is 5.92 Å². The molecule has 0 amide bonds. The molecule has 0 saturated carbocycles. The van der Waals surface area contributed by atoms with E-state index in [0.717, 1.165) is 24.6 Å². The van der Waals surface area contributed by atoms with Crippen molar-refractivity contribution in [2.75, 3.05) is 6.54 Å². The summed E-state index contributed by atoms with van der Waals surface area (Å²) in [6.45, 7) is 5.53. The van der Waals surface area contributed by atoms with Gasteiger partial charge in [0.15, 0.2) is 0 Å². The van der Waals surface area contributed by atoms with Gasteiger partial charge in [-0.1, -0.05) is 36.4 Å². The first kappa shape index (κ1) is 18.2. The summed E-state index contributed by atoms with van der Waals surface area (Å²) in [5.41, 5.74) is 2.01. The van der Waals surface area contributed by atoms with Crippen molar-refractivity contribution >= 4 is 10.0 Å². The Morgan fingerprint density at radius 3 is 2.43 bits per heavy atom. The maximum absolute atomic E-state index is 11.9. The normalized spacial score (nSPS) is 18.5. The molecular formula is C18H28N2O2S. The molecule has 0 aromatic heterocycles. The summed E-state index contributed by atoms with van der Waals surface area (Å²) in [5, 5.41) is 3.50. The predicted octanol–water partition coefficient (Wildman–Crippen LogP) is 2.96. The van der Waals surface area contributed by atoms with Gasteiger partial charge >= 0.3 is 0 Å². The summed E-state index contributed by atoms with van der Waals surface area (Å²) < 4.78 is 26.4. The quantitative estimate of drug-likeness (QED) is 0.718. The standard InChI is InChI=1S/C18H28N2O2S/c1-15(2)20-23(21,22)14-18-10-8-17(9-11-18)13-19-12-16-6-4-3-5-7-16/h3-4,8-11,15-16,19-20H,5-7,12-14H2,1-2H3. The molecule has 128 valence electrons. The van der Waals surface area contributed by atoms with Crippen LogP contribution in [0.3, 0.4) is 0 Å². The molecule has 0 fully saturated rings. The van der Waals surface area contributed by atoms with Gasteiger partial charge in [-0.05, 0) is 56.7 Å². The molecule has 1 atom stereocenters. The second-order valence-corrected chi connectivity index (χ2v) is 8.38. The average molecular weight is 337 g/mol. The van der Waals surface area contributed by atoms with Crippen LogP contribution in [0.15, 0.2) is 36.4 Å². The van der Waals surface area contributed by atoms with E-state index in [0.29, 0.717) is 0 Å². The Morgan fingerprint density at radius 1 is 1.13 bits per heavy atom. The Labute approximate surface area is 140 Å². The van der Waals surface area contributed by atoms with Crippen molar-refractivity contribution in [3.8, 4) is 0 Å². The second-order valence-electron chi connectivity index (χ2n) is 6.63. The topological polar surface area (TPSA) is 58.2 Å². The zero-order valence-corrected chi connectivity index (χ0v) is 14.9. The summed E-state index contributed by atoms with van der Waals surface area (Å²) in [6, 6.07) is 7.75. The van der Waals surface area contributed by atoms with Crippen molar-refractivity contribution in [3.63, 3.8) is 0 Å². The number of nitrogens with one attached hydrogen (secondary N) is 2. The maximum atomic E-state index is 11.9. The van der Waals surface area contributed by atoms with Crippen molar-refractivity contribution in [1.29, 1.82) is 0 Å². The Bertz CT molecular complexity index is 606. The molecule has 4 nitrogen and oxygen atoms in total. The van der Waals surface area contributed by atoms with Gasteiger partial charge in [-0.3, -0.25) is 0 Å². The highest BCUT2D eigenvalue weighted by molar-refractivity contribution is 7.88. The molecule has 1 aliphatic rings. The molecule has 2 N–H and O–H groups in total. The molecule has 2 rings (SSSR count). The summed E-state index contributed by atoms with van der Waals surface area (Å²) in [5.74, 6) is 0.777. The minimum Gasteiger partial charge on any atom is -0.312 e. The number of allylic oxidation sites excluding steroid dienone is 2. The highest BCUT2D eigenvalue weighted by Crippen LogP contribution is 2.17. The summed E-state index contributed by atoms with van der Waals surface area (Å²) in [6.07, 6.45) is 8.17. The van der Waals surface area contributed by atoms with Crippen molar-refractivity contribution in [2.45, 2.75) is 51.4 Å². The van der Waals surface area contributed by atoms with E-state index in [4.69, 9.17) is 0 Å². The molecular weight excluding hydrogens is 308 g/mol. The van der Waals surface area contributed by atoms with E-state index in [1.807, 2.05) is 38.1 Å². The van der Waals surface area contributed by atoms with Gasteiger partial charge in [0.05, 0.1) is 5.75 Å². The number of benzene rings is 1. The number of rotatable bonds is 8. The van der Waals surface area contributed by atoms with E-state index < -0.39 is 10.0 Å². The van der Waals surface area contributed by atoms with Crippen LogP contribution in [0.4, 0.5) is 0 Å². The molecule has 0 bridgehead atoms. The molecule has 0 saturated heterocycles. The molecule has 1 aromatic carbocycles. The van der Waals surface area contributed by atoms with Crippen LogP contribution < -0.4 is 10.0 Å². The van der Waals surface area contributed by atoms with Crippen molar-refractivity contribution in [3.05, 3.63) is 47.5 Å². The molecule has 0 spiro atoms. The molecule has 0 radical (unpaired) electrons. The van der Waals surface area contributed by atoms with Crippen LogP contribution in [0.1, 0.15) is 44.2 Å². The van der Waals surface area contributed by atoms with Gasteiger partial charge in [0.2, 0.25) is 10.0 Å². The van der Waals surface area contributed by atoms with E-state index in [-0.39, 0.29) is 11.8 Å². The monoisotopic (exact) mass is 336 g/mol. The minimum absolute atomic E-state index is 0.0350. The molecule has 5 heteroatoms. The Morgan fingerprint density at radius 2 is 1.83 bits per heavy atom. The number of hydrogen-bond acceptors (Lipinski definition) is 3. The highest BCUT2D eigenvalue weighted by Gasteiger charge is 2.13. The van der Waals surface area contributed by atoms with Crippen LogP contribution in [0.25, 0.3) is 0 Å². The third-order valence-corrected chi connectivity index (χ3v) is 5.48. The zero-order valence-electron chi connectivity index (χ0n) is 14.1. The first-order valence-corrected chi connectivity index (χ1v) is 10.0. The van der Waals surface area contributed by atoms with Gasteiger partial charge in [-0.2, -0.15) is 0 Å². The lowest BCUT2D eigenvalue weighted by molar-refractivity contribution is 0.440. The summed E-state index contributed by atoms with van der Waals surface area (Å²) in [7, 11) is -3.25. The lowest BCUT2D eigenvalue weighted by Gasteiger charge is -2.18. The summed E-state index contributed by atoms with van der Waals surface area (Å²) >= 11 is 0. The van der Waals surface area contributed by atoms with E-state index >= 15 is 0 Å². The molecule has 0 heterocycles. The van der Waals surface area contributed by atoms with Crippen LogP contribution in [-0.4, -0.2) is 21.0 Å². The maximum Gasteiger partial charge on any atom is 0.216 e. The van der Waals surface area contributed by atoms with E-state index in [9.17, 15) is 8.42 Å². The van der Waals surface area contributed by atoms with Gasteiger partial charge in [-0.15, -0.1) is 0 Å². The lowest BCUT2D eigenvalue weighted by atomic mass is 9.94. The Hall–Kier alpha value is -1.17. The second kappa shape index (κ2) is 8.62. The van der Waals surface area contributed by atoms with Crippen LogP contribution in [0.5, 0.6) is 0 Å².